The van der Waals surface area contributed by atoms with Crippen molar-refractivity contribution >= 4 is 11.8 Å². The van der Waals surface area contributed by atoms with Crippen molar-refractivity contribution in [3.8, 4) is 5.75 Å². The summed E-state index contributed by atoms with van der Waals surface area (Å²) in [5.41, 5.74) is 0.889. The first kappa shape index (κ1) is 17.4. The van der Waals surface area contributed by atoms with Crippen LogP contribution >= 0.6 is 11.8 Å². The molecular formula is C18H17F2N3OS. The number of aromatic nitrogens is 3. The highest BCUT2D eigenvalue weighted by Crippen LogP contribution is 2.23. The molecule has 0 fully saturated rings. The largest absolute Gasteiger partial charge is 0.486 e. The van der Waals surface area contributed by atoms with E-state index in [9.17, 15) is 8.78 Å². The van der Waals surface area contributed by atoms with Crippen molar-refractivity contribution in [2.75, 3.05) is 0 Å². The summed E-state index contributed by atoms with van der Waals surface area (Å²) in [5, 5.41) is 9.12. The summed E-state index contributed by atoms with van der Waals surface area (Å²) < 4.78 is 33.7. The lowest BCUT2D eigenvalue weighted by atomic mass is 10.2. The van der Waals surface area contributed by atoms with E-state index in [1.54, 1.807) is 18.2 Å². The zero-order chi connectivity index (χ0) is 17.6. The standard InChI is InChI=1S/C18H17F2N3OS/c1-2-23-17(11-24-16-8-6-14(19)7-9-16)21-22-18(23)25-12-13-4-3-5-15(20)10-13/h3-10H,2,11-12H2,1H3. The Hall–Kier alpha value is -2.41. The van der Waals surface area contributed by atoms with Crippen LogP contribution in [0.2, 0.25) is 0 Å². The second kappa shape index (κ2) is 8.11. The van der Waals surface area contributed by atoms with Crippen LogP contribution in [0.15, 0.2) is 53.7 Å². The van der Waals surface area contributed by atoms with Crippen LogP contribution in [0.1, 0.15) is 18.3 Å². The number of hydrogen-bond acceptors (Lipinski definition) is 4. The van der Waals surface area contributed by atoms with Crippen molar-refractivity contribution in [2.24, 2.45) is 0 Å². The molecular weight excluding hydrogens is 344 g/mol. The maximum atomic E-state index is 13.2. The van der Waals surface area contributed by atoms with Crippen LogP contribution in [0, 0.1) is 11.6 Å². The average molecular weight is 361 g/mol. The maximum absolute atomic E-state index is 13.2. The smallest absolute Gasteiger partial charge is 0.191 e. The van der Waals surface area contributed by atoms with Crippen molar-refractivity contribution in [2.45, 2.75) is 31.0 Å². The van der Waals surface area contributed by atoms with Crippen molar-refractivity contribution in [3.63, 3.8) is 0 Å². The molecule has 0 spiro atoms. The molecule has 0 amide bonds. The molecule has 0 N–H and O–H groups in total. The van der Waals surface area contributed by atoms with Gasteiger partial charge >= 0.3 is 0 Å². The summed E-state index contributed by atoms with van der Waals surface area (Å²) in [6, 6.07) is 12.3. The maximum Gasteiger partial charge on any atom is 0.191 e. The highest BCUT2D eigenvalue weighted by atomic mass is 32.2. The molecule has 25 heavy (non-hydrogen) atoms. The predicted molar refractivity (Wildman–Crippen MR) is 92.4 cm³/mol. The molecule has 0 unspecified atom stereocenters. The second-order valence-corrected chi connectivity index (χ2v) is 6.25. The summed E-state index contributed by atoms with van der Waals surface area (Å²) >= 11 is 1.50. The third kappa shape index (κ3) is 4.57. The molecule has 0 radical (unpaired) electrons. The van der Waals surface area contributed by atoms with Crippen LogP contribution < -0.4 is 4.74 Å². The van der Waals surface area contributed by atoms with Crippen LogP contribution in [-0.2, 0) is 18.9 Å². The van der Waals surface area contributed by atoms with E-state index in [-0.39, 0.29) is 18.2 Å². The molecule has 0 aliphatic heterocycles. The average Bonchev–Trinajstić information content (AvgIpc) is 3.01. The Kier molecular flexibility index (Phi) is 5.65. The van der Waals surface area contributed by atoms with Crippen LogP contribution in [0.25, 0.3) is 0 Å². The van der Waals surface area contributed by atoms with E-state index in [1.165, 1.54) is 36.0 Å². The third-order valence-electron chi connectivity index (χ3n) is 3.55. The number of nitrogens with zero attached hydrogens (tertiary/aromatic N) is 3. The number of halogens is 2. The van der Waals surface area contributed by atoms with Gasteiger partial charge in [0, 0.05) is 12.3 Å². The van der Waals surface area contributed by atoms with E-state index in [0.717, 1.165) is 10.7 Å². The summed E-state index contributed by atoms with van der Waals surface area (Å²) in [6.45, 7) is 2.94. The fourth-order valence-corrected chi connectivity index (χ4v) is 3.27. The van der Waals surface area contributed by atoms with E-state index in [0.29, 0.717) is 23.9 Å². The lowest BCUT2D eigenvalue weighted by Crippen LogP contribution is -2.07. The molecule has 130 valence electrons. The molecule has 1 aromatic heterocycles. The summed E-state index contributed by atoms with van der Waals surface area (Å²) in [6.07, 6.45) is 0. The summed E-state index contributed by atoms with van der Waals surface area (Å²) in [4.78, 5) is 0. The van der Waals surface area contributed by atoms with Crippen molar-refractivity contribution < 1.29 is 13.5 Å². The Balaban J connectivity index is 1.64. The van der Waals surface area contributed by atoms with Crippen molar-refractivity contribution in [1.82, 2.24) is 14.8 Å². The predicted octanol–water partition coefficient (Wildman–Crippen LogP) is 4.45. The Labute approximate surface area is 148 Å². The number of benzene rings is 2. The topological polar surface area (TPSA) is 39.9 Å². The summed E-state index contributed by atoms with van der Waals surface area (Å²) in [7, 11) is 0. The van der Waals surface area contributed by atoms with Gasteiger partial charge < -0.3 is 9.30 Å². The van der Waals surface area contributed by atoms with Crippen LogP contribution in [0.4, 0.5) is 8.78 Å². The van der Waals surface area contributed by atoms with Crippen LogP contribution in [0.5, 0.6) is 5.75 Å². The Morgan fingerprint density at radius 3 is 2.56 bits per heavy atom. The molecule has 0 saturated heterocycles. The molecule has 7 heteroatoms. The van der Waals surface area contributed by atoms with Gasteiger partial charge in [-0.3, -0.25) is 0 Å². The Bertz CT molecular complexity index is 837. The minimum Gasteiger partial charge on any atom is -0.486 e. The Morgan fingerprint density at radius 2 is 1.84 bits per heavy atom. The van der Waals surface area contributed by atoms with E-state index in [4.69, 9.17) is 4.74 Å². The molecule has 3 aromatic rings. The van der Waals surface area contributed by atoms with Crippen molar-refractivity contribution in [3.05, 3.63) is 71.6 Å². The minimum absolute atomic E-state index is 0.243. The molecule has 3 rings (SSSR count). The van der Waals surface area contributed by atoms with Gasteiger partial charge in [-0.05, 0) is 48.9 Å². The van der Waals surface area contributed by atoms with E-state index < -0.39 is 0 Å². The molecule has 0 aliphatic carbocycles. The van der Waals surface area contributed by atoms with Crippen LogP contribution in [0.3, 0.4) is 0 Å². The zero-order valence-corrected chi connectivity index (χ0v) is 14.5. The first-order chi connectivity index (χ1) is 12.2. The first-order valence-corrected chi connectivity index (χ1v) is 8.82. The Morgan fingerprint density at radius 1 is 1.04 bits per heavy atom. The van der Waals surface area contributed by atoms with Gasteiger partial charge in [0.2, 0.25) is 0 Å². The van der Waals surface area contributed by atoms with E-state index >= 15 is 0 Å². The molecule has 1 heterocycles. The van der Waals surface area contributed by atoms with Gasteiger partial charge in [-0.1, -0.05) is 23.9 Å². The first-order valence-electron chi connectivity index (χ1n) is 7.83. The molecule has 2 aromatic carbocycles. The van der Waals surface area contributed by atoms with Gasteiger partial charge in [0.15, 0.2) is 11.0 Å². The van der Waals surface area contributed by atoms with Gasteiger partial charge in [-0.25, -0.2) is 8.78 Å². The second-order valence-electron chi connectivity index (χ2n) is 5.30. The van der Waals surface area contributed by atoms with Crippen molar-refractivity contribution in [1.29, 1.82) is 0 Å². The number of hydrogen-bond donors (Lipinski definition) is 0. The number of thioether (sulfide) groups is 1. The number of ether oxygens (including phenoxy) is 1. The summed E-state index contributed by atoms with van der Waals surface area (Å²) in [5.74, 6) is 1.31. The fraction of sp³-hybridized carbons (Fsp3) is 0.222. The highest BCUT2D eigenvalue weighted by Gasteiger charge is 2.12. The normalized spacial score (nSPS) is 10.8. The minimum atomic E-state index is -0.305. The van der Waals surface area contributed by atoms with E-state index in [1.807, 2.05) is 17.6 Å². The lowest BCUT2D eigenvalue weighted by Gasteiger charge is -2.09. The fourth-order valence-electron chi connectivity index (χ4n) is 2.30. The van der Waals surface area contributed by atoms with Gasteiger partial charge in [-0.2, -0.15) is 0 Å². The van der Waals surface area contributed by atoms with Gasteiger partial charge in [-0.15, -0.1) is 10.2 Å². The third-order valence-corrected chi connectivity index (χ3v) is 4.59. The van der Waals surface area contributed by atoms with Gasteiger partial charge in [0.1, 0.15) is 24.0 Å². The van der Waals surface area contributed by atoms with Gasteiger partial charge in [0.25, 0.3) is 0 Å². The molecule has 0 atom stereocenters. The monoisotopic (exact) mass is 361 g/mol. The molecule has 4 nitrogen and oxygen atoms in total. The van der Waals surface area contributed by atoms with Gasteiger partial charge in [0.05, 0.1) is 0 Å². The highest BCUT2D eigenvalue weighted by molar-refractivity contribution is 7.98. The molecule has 0 aliphatic rings. The number of rotatable bonds is 7. The quantitative estimate of drug-likeness (QED) is 0.583. The van der Waals surface area contributed by atoms with Crippen LogP contribution in [-0.4, -0.2) is 14.8 Å². The molecule has 0 bridgehead atoms. The SMILES string of the molecule is CCn1c(COc2ccc(F)cc2)nnc1SCc1cccc(F)c1. The van der Waals surface area contributed by atoms with E-state index in [2.05, 4.69) is 10.2 Å². The molecule has 0 saturated carbocycles. The zero-order valence-electron chi connectivity index (χ0n) is 13.7. The lowest BCUT2D eigenvalue weighted by molar-refractivity contribution is 0.288.